The maximum atomic E-state index is 5.79. The highest BCUT2D eigenvalue weighted by Crippen LogP contribution is 2.12. The Balaban J connectivity index is 0.00000192. The van der Waals surface area contributed by atoms with Crippen molar-refractivity contribution < 1.29 is 33.3 Å². The van der Waals surface area contributed by atoms with Gasteiger partial charge in [-0.3, -0.25) is 0 Å². The standard InChI is InChI=1S/C19H21N2O.HI/c1-17-6-5-9-19(14-17)22-13-12-20-10-11-21(16-20)15-18-7-3-2-4-8-18;/h2-11,14,16H,12-13,15H2,1H3;1H/q+1;/p-1. The minimum atomic E-state index is 0. The first kappa shape index (κ1) is 17.5. The lowest BCUT2D eigenvalue weighted by molar-refractivity contribution is -0.687. The number of rotatable bonds is 6. The van der Waals surface area contributed by atoms with Gasteiger partial charge in [-0.05, 0) is 30.2 Å². The number of benzene rings is 2. The summed E-state index contributed by atoms with van der Waals surface area (Å²) in [7, 11) is 0. The Kier molecular flexibility index (Phi) is 6.65. The third kappa shape index (κ3) is 5.39. The summed E-state index contributed by atoms with van der Waals surface area (Å²) in [5.74, 6) is 0.935. The van der Waals surface area contributed by atoms with Crippen LogP contribution in [0.1, 0.15) is 11.1 Å². The molecule has 23 heavy (non-hydrogen) atoms. The Morgan fingerprint density at radius 2 is 1.87 bits per heavy atom. The van der Waals surface area contributed by atoms with Crippen molar-refractivity contribution in [3.05, 3.63) is 84.4 Å². The molecule has 0 saturated carbocycles. The fraction of sp³-hybridized carbons (Fsp3) is 0.211. The zero-order chi connectivity index (χ0) is 15.2. The van der Waals surface area contributed by atoms with E-state index in [-0.39, 0.29) is 24.0 Å². The molecule has 2 aromatic carbocycles. The number of aromatic nitrogens is 2. The van der Waals surface area contributed by atoms with Gasteiger partial charge in [0.15, 0.2) is 0 Å². The van der Waals surface area contributed by atoms with E-state index in [4.69, 9.17) is 4.74 Å². The lowest BCUT2D eigenvalue weighted by atomic mass is 10.2. The van der Waals surface area contributed by atoms with E-state index in [1.165, 1.54) is 11.1 Å². The topological polar surface area (TPSA) is 18.0 Å². The van der Waals surface area contributed by atoms with E-state index in [1.54, 1.807) is 0 Å². The van der Waals surface area contributed by atoms with Crippen LogP contribution in [0, 0.1) is 6.92 Å². The van der Waals surface area contributed by atoms with E-state index < -0.39 is 0 Å². The molecule has 1 heterocycles. The Morgan fingerprint density at radius 1 is 1.04 bits per heavy atom. The van der Waals surface area contributed by atoms with Crippen LogP contribution < -0.4 is 33.3 Å². The van der Waals surface area contributed by atoms with E-state index in [2.05, 4.69) is 71.2 Å². The smallest absolute Gasteiger partial charge is 0.244 e. The maximum Gasteiger partial charge on any atom is 0.244 e. The molecule has 0 N–H and O–H groups in total. The van der Waals surface area contributed by atoms with Gasteiger partial charge in [-0.15, -0.1) is 0 Å². The van der Waals surface area contributed by atoms with Crippen LogP contribution in [0.5, 0.6) is 5.75 Å². The summed E-state index contributed by atoms with van der Waals surface area (Å²) >= 11 is 0. The molecule has 0 aliphatic heterocycles. The van der Waals surface area contributed by atoms with Crippen LogP contribution in [-0.4, -0.2) is 11.2 Å². The third-order valence-corrected chi connectivity index (χ3v) is 3.56. The predicted molar refractivity (Wildman–Crippen MR) is 86.8 cm³/mol. The highest BCUT2D eigenvalue weighted by atomic mass is 127. The molecule has 4 heteroatoms. The van der Waals surface area contributed by atoms with E-state index >= 15 is 0 Å². The highest BCUT2D eigenvalue weighted by molar-refractivity contribution is 5.27. The monoisotopic (exact) mass is 420 g/mol. The Labute approximate surface area is 154 Å². The van der Waals surface area contributed by atoms with Crippen LogP contribution in [0.4, 0.5) is 0 Å². The number of nitrogens with zero attached hydrogens (tertiary/aromatic N) is 2. The Hall–Kier alpha value is -1.82. The van der Waals surface area contributed by atoms with Gasteiger partial charge in [0.2, 0.25) is 6.33 Å². The normalized spacial score (nSPS) is 10.1. The molecule has 0 spiro atoms. The molecule has 0 radical (unpaired) electrons. The van der Waals surface area contributed by atoms with Gasteiger partial charge in [0.25, 0.3) is 0 Å². The first-order chi connectivity index (χ1) is 10.8. The zero-order valence-corrected chi connectivity index (χ0v) is 15.4. The summed E-state index contributed by atoms with van der Waals surface area (Å²) < 4.78 is 10.1. The minimum Gasteiger partial charge on any atom is -1.00 e. The average molecular weight is 420 g/mol. The van der Waals surface area contributed by atoms with Crippen molar-refractivity contribution in [2.75, 3.05) is 6.61 Å². The molecule has 0 bridgehead atoms. The quantitative estimate of drug-likeness (QED) is 0.412. The number of halogens is 1. The van der Waals surface area contributed by atoms with Crippen molar-refractivity contribution in [1.29, 1.82) is 0 Å². The number of imidazole rings is 1. The summed E-state index contributed by atoms with van der Waals surface area (Å²) in [5, 5.41) is 0. The van der Waals surface area contributed by atoms with E-state index in [0.29, 0.717) is 6.61 Å². The number of ether oxygens (including phenoxy) is 1. The molecule has 120 valence electrons. The molecule has 0 fully saturated rings. The van der Waals surface area contributed by atoms with E-state index in [0.717, 1.165) is 18.8 Å². The fourth-order valence-corrected chi connectivity index (χ4v) is 2.43. The van der Waals surface area contributed by atoms with Crippen LogP contribution in [0.25, 0.3) is 0 Å². The second-order valence-electron chi connectivity index (χ2n) is 5.47. The summed E-state index contributed by atoms with van der Waals surface area (Å²) in [6.07, 6.45) is 6.30. The number of aryl methyl sites for hydroxylation is 1. The summed E-state index contributed by atoms with van der Waals surface area (Å²) in [4.78, 5) is 0. The molecule has 0 saturated heterocycles. The molecule has 0 unspecified atom stereocenters. The lowest BCUT2D eigenvalue weighted by Crippen LogP contribution is -3.00. The maximum absolute atomic E-state index is 5.79. The van der Waals surface area contributed by atoms with Gasteiger partial charge in [-0.2, -0.15) is 0 Å². The Morgan fingerprint density at radius 3 is 2.65 bits per heavy atom. The van der Waals surface area contributed by atoms with E-state index in [1.807, 2.05) is 18.2 Å². The minimum absolute atomic E-state index is 0. The zero-order valence-electron chi connectivity index (χ0n) is 13.2. The van der Waals surface area contributed by atoms with Gasteiger partial charge in [0.1, 0.15) is 37.8 Å². The predicted octanol–water partition coefficient (Wildman–Crippen LogP) is 0.215. The van der Waals surface area contributed by atoms with Gasteiger partial charge in [0, 0.05) is 0 Å². The van der Waals surface area contributed by atoms with Gasteiger partial charge in [-0.25, -0.2) is 9.13 Å². The van der Waals surface area contributed by atoms with Crippen molar-refractivity contribution >= 4 is 0 Å². The number of hydrogen-bond acceptors (Lipinski definition) is 1. The van der Waals surface area contributed by atoms with Gasteiger partial charge in [0.05, 0.1) is 0 Å². The molecule has 1 aromatic heterocycles. The second kappa shape index (κ2) is 8.72. The highest BCUT2D eigenvalue weighted by Gasteiger charge is 2.04. The average Bonchev–Trinajstić information content (AvgIpc) is 2.96. The SMILES string of the molecule is Cc1cccc(OCCn2cc[n+](Cc3ccccc3)c2)c1.[I-]. The van der Waals surface area contributed by atoms with Crippen molar-refractivity contribution in [3.8, 4) is 5.75 Å². The second-order valence-corrected chi connectivity index (χ2v) is 5.47. The van der Waals surface area contributed by atoms with Crippen molar-refractivity contribution in [2.45, 2.75) is 20.0 Å². The van der Waals surface area contributed by atoms with Crippen molar-refractivity contribution in [2.24, 2.45) is 0 Å². The summed E-state index contributed by atoms with van der Waals surface area (Å²) in [6, 6.07) is 18.6. The molecular weight excluding hydrogens is 399 g/mol. The van der Waals surface area contributed by atoms with Gasteiger partial charge >= 0.3 is 0 Å². The first-order valence-corrected chi connectivity index (χ1v) is 7.58. The van der Waals surface area contributed by atoms with Crippen LogP contribution in [-0.2, 0) is 13.1 Å². The molecule has 3 rings (SSSR count). The van der Waals surface area contributed by atoms with Crippen molar-refractivity contribution in [3.63, 3.8) is 0 Å². The molecular formula is C19H21IN2O. The van der Waals surface area contributed by atoms with Crippen LogP contribution in [0.3, 0.4) is 0 Å². The molecule has 0 amide bonds. The summed E-state index contributed by atoms with van der Waals surface area (Å²) in [5.41, 5.74) is 2.53. The van der Waals surface area contributed by atoms with Gasteiger partial charge in [-0.1, -0.05) is 42.5 Å². The lowest BCUT2D eigenvalue weighted by Gasteiger charge is -2.05. The summed E-state index contributed by atoms with van der Waals surface area (Å²) in [6.45, 7) is 4.48. The molecule has 0 aliphatic carbocycles. The van der Waals surface area contributed by atoms with E-state index in [9.17, 15) is 0 Å². The molecule has 0 aliphatic rings. The molecule has 3 nitrogen and oxygen atoms in total. The fourth-order valence-electron chi connectivity index (χ4n) is 2.43. The third-order valence-electron chi connectivity index (χ3n) is 3.56. The number of hydrogen-bond donors (Lipinski definition) is 0. The largest absolute Gasteiger partial charge is 1.00 e. The first-order valence-electron chi connectivity index (χ1n) is 7.58. The molecule has 0 atom stereocenters. The van der Waals surface area contributed by atoms with Gasteiger partial charge < -0.3 is 28.7 Å². The van der Waals surface area contributed by atoms with Crippen LogP contribution in [0.15, 0.2) is 73.3 Å². The van der Waals surface area contributed by atoms with Crippen molar-refractivity contribution in [1.82, 2.24) is 4.57 Å². The van der Waals surface area contributed by atoms with Crippen LogP contribution >= 0.6 is 0 Å². The molecule has 3 aromatic rings. The Bertz CT molecular complexity index is 725. The van der Waals surface area contributed by atoms with Crippen LogP contribution in [0.2, 0.25) is 0 Å².